The van der Waals surface area contributed by atoms with E-state index in [1.807, 2.05) is 6.92 Å². The van der Waals surface area contributed by atoms with Gasteiger partial charge in [-0.05, 0) is 26.2 Å². The average molecular weight is 346 g/mol. The Labute approximate surface area is 141 Å². The van der Waals surface area contributed by atoms with Crippen LogP contribution in [0.25, 0.3) is 0 Å². The minimum atomic E-state index is -0.0721. The van der Waals surface area contributed by atoms with Crippen molar-refractivity contribution in [3.05, 3.63) is 16.1 Å². The van der Waals surface area contributed by atoms with E-state index in [1.54, 1.807) is 5.38 Å². The number of nitrogens with one attached hydrogen (secondary N) is 1. The number of aromatic nitrogens is 1. The molecule has 2 atom stereocenters. The number of carbonyl (C=O) groups is 1. The molecule has 22 heavy (non-hydrogen) atoms. The number of amides is 1. The van der Waals surface area contributed by atoms with E-state index in [2.05, 4.69) is 10.3 Å². The van der Waals surface area contributed by atoms with Crippen LogP contribution in [0.4, 0.5) is 0 Å². The Kier molecular flexibility index (Phi) is 5.82. The predicted octanol–water partition coefficient (Wildman–Crippen LogP) is 2.49. The fourth-order valence-corrected chi connectivity index (χ4v) is 4.48. The minimum absolute atomic E-state index is 0. The second-order valence-electron chi connectivity index (χ2n) is 5.98. The van der Waals surface area contributed by atoms with Gasteiger partial charge in [0.1, 0.15) is 10.7 Å². The summed E-state index contributed by atoms with van der Waals surface area (Å²) in [6.07, 6.45) is 6.04. The summed E-state index contributed by atoms with van der Waals surface area (Å²) in [5.41, 5.74) is 6.21. The summed E-state index contributed by atoms with van der Waals surface area (Å²) in [6.45, 7) is 3.18. The van der Waals surface area contributed by atoms with Gasteiger partial charge >= 0.3 is 0 Å². The highest BCUT2D eigenvalue weighted by Crippen LogP contribution is 2.54. The van der Waals surface area contributed by atoms with Gasteiger partial charge in [-0.3, -0.25) is 4.79 Å². The molecule has 5 nitrogen and oxygen atoms in total. The third-order valence-corrected chi connectivity index (χ3v) is 5.82. The van der Waals surface area contributed by atoms with Crippen molar-refractivity contribution in [2.75, 3.05) is 6.61 Å². The zero-order valence-electron chi connectivity index (χ0n) is 12.8. The first kappa shape index (κ1) is 17.7. The van der Waals surface area contributed by atoms with Crippen LogP contribution in [0.1, 0.15) is 54.5 Å². The van der Waals surface area contributed by atoms with Crippen molar-refractivity contribution >= 4 is 29.7 Å². The number of hydrogen-bond acceptors (Lipinski definition) is 5. The quantitative estimate of drug-likeness (QED) is 0.859. The molecule has 0 saturated heterocycles. The van der Waals surface area contributed by atoms with Gasteiger partial charge in [-0.2, -0.15) is 0 Å². The highest BCUT2D eigenvalue weighted by molar-refractivity contribution is 7.09. The number of carbonyl (C=O) groups excluding carboxylic acids is 1. The lowest BCUT2D eigenvalue weighted by molar-refractivity contribution is -0.127. The molecule has 1 aromatic heterocycles. The van der Waals surface area contributed by atoms with Gasteiger partial charge < -0.3 is 15.8 Å². The standard InChI is InChI=1S/C15H23N3O2S.ClH/c1-2-20-12-7-11(15(12)5-3-4-6-15)18-14(19)10-9-21-13(8-16)17-10;/h9,11-12H,2-8,16H2,1H3,(H,18,19);1H. The molecule has 0 radical (unpaired) electrons. The van der Waals surface area contributed by atoms with Crippen molar-refractivity contribution in [2.45, 2.75) is 57.7 Å². The number of hydrogen-bond donors (Lipinski definition) is 2. The van der Waals surface area contributed by atoms with Gasteiger partial charge in [0.2, 0.25) is 0 Å². The first-order valence-electron chi connectivity index (χ1n) is 7.76. The first-order chi connectivity index (χ1) is 10.2. The van der Waals surface area contributed by atoms with E-state index in [0.717, 1.165) is 30.9 Å². The van der Waals surface area contributed by atoms with E-state index < -0.39 is 0 Å². The molecule has 0 aromatic carbocycles. The molecule has 1 spiro atoms. The van der Waals surface area contributed by atoms with Gasteiger partial charge in [-0.25, -0.2) is 4.98 Å². The largest absolute Gasteiger partial charge is 0.378 e. The summed E-state index contributed by atoms with van der Waals surface area (Å²) in [5.74, 6) is -0.0721. The number of ether oxygens (including phenoxy) is 1. The average Bonchev–Trinajstić information content (AvgIpc) is 3.16. The summed E-state index contributed by atoms with van der Waals surface area (Å²) in [6, 6.07) is 0.229. The van der Waals surface area contributed by atoms with Crippen molar-refractivity contribution in [2.24, 2.45) is 11.1 Å². The highest BCUT2D eigenvalue weighted by atomic mass is 35.5. The number of thiazole rings is 1. The molecule has 124 valence electrons. The van der Waals surface area contributed by atoms with Crippen molar-refractivity contribution in [1.82, 2.24) is 10.3 Å². The lowest BCUT2D eigenvalue weighted by Crippen LogP contribution is -2.63. The molecule has 2 aliphatic carbocycles. The first-order valence-corrected chi connectivity index (χ1v) is 8.64. The predicted molar refractivity (Wildman–Crippen MR) is 89.4 cm³/mol. The summed E-state index contributed by atoms with van der Waals surface area (Å²) >= 11 is 1.44. The molecule has 0 bridgehead atoms. The van der Waals surface area contributed by atoms with Crippen LogP contribution in [-0.2, 0) is 11.3 Å². The summed E-state index contributed by atoms with van der Waals surface area (Å²) in [4.78, 5) is 16.6. The van der Waals surface area contributed by atoms with Crippen LogP contribution in [0.15, 0.2) is 5.38 Å². The Morgan fingerprint density at radius 3 is 2.86 bits per heavy atom. The van der Waals surface area contributed by atoms with E-state index in [9.17, 15) is 4.79 Å². The number of halogens is 1. The van der Waals surface area contributed by atoms with Crippen LogP contribution >= 0.6 is 23.7 Å². The molecule has 1 aromatic rings. The third-order valence-electron chi connectivity index (χ3n) is 4.95. The van der Waals surface area contributed by atoms with Gasteiger partial charge in [0, 0.05) is 30.0 Å². The topological polar surface area (TPSA) is 77.2 Å². The molecule has 2 aliphatic rings. The summed E-state index contributed by atoms with van der Waals surface area (Å²) in [7, 11) is 0. The molecule has 1 amide bonds. The molecule has 0 aliphatic heterocycles. The lowest BCUT2D eigenvalue weighted by atomic mass is 9.60. The second-order valence-corrected chi connectivity index (χ2v) is 6.92. The number of rotatable bonds is 5. The van der Waals surface area contributed by atoms with Crippen LogP contribution in [-0.4, -0.2) is 29.6 Å². The summed E-state index contributed by atoms with van der Waals surface area (Å²) < 4.78 is 5.87. The SMILES string of the molecule is CCOC1CC(NC(=O)c2csc(CN)n2)C12CCCC2.Cl. The maximum absolute atomic E-state index is 12.3. The Morgan fingerprint density at radius 1 is 1.55 bits per heavy atom. The third kappa shape index (κ3) is 3.02. The zero-order chi connectivity index (χ0) is 14.9. The van der Waals surface area contributed by atoms with E-state index in [1.165, 1.54) is 24.2 Å². The van der Waals surface area contributed by atoms with E-state index in [-0.39, 0.29) is 29.8 Å². The van der Waals surface area contributed by atoms with Crippen molar-refractivity contribution in [3.8, 4) is 0 Å². The van der Waals surface area contributed by atoms with Crippen molar-refractivity contribution < 1.29 is 9.53 Å². The highest BCUT2D eigenvalue weighted by Gasteiger charge is 2.57. The van der Waals surface area contributed by atoms with Crippen LogP contribution < -0.4 is 11.1 Å². The summed E-state index contributed by atoms with van der Waals surface area (Å²) in [5, 5.41) is 5.77. The molecule has 2 saturated carbocycles. The fourth-order valence-electron chi connectivity index (χ4n) is 3.83. The zero-order valence-corrected chi connectivity index (χ0v) is 14.5. The molecule has 7 heteroatoms. The molecule has 1 heterocycles. The van der Waals surface area contributed by atoms with Gasteiger partial charge in [0.15, 0.2) is 0 Å². The Balaban J connectivity index is 0.00000176. The van der Waals surface area contributed by atoms with E-state index in [0.29, 0.717) is 18.3 Å². The van der Waals surface area contributed by atoms with Crippen LogP contribution in [0, 0.1) is 5.41 Å². The van der Waals surface area contributed by atoms with Crippen LogP contribution in [0.3, 0.4) is 0 Å². The van der Waals surface area contributed by atoms with Crippen LogP contribution in [0.5, 0.6) is 0 Å². The Morgan fingerprint density at radius 2 is 2.27 bits per heavy atom. The van der Waals surface area contributed by atoms with Gasteiger partial charge in [0.25, 0.3) is 5.91 Å². The second kappa shape index (κ2) is 7.25. The molecule has 3 N–H and O–H groups in total. The molecular formula is C15H24ClN3O2S. The van der Waals surface area contributed by atoms with Gasteiger partial charge in [-0.15, -0.1) is 23.7 Å². The molecular weight excluding hydrogens is 322 g/mol. The smallest absolute Gasteiger partial charge is 0.271 e. The van der Waals surface area contributed by atoms with Gasteiger partial charge in [-0.1, -0.05) is 12.8 Å². The number of nitrogens with two attached hydrogens (primary N) is 1. The van der Waals surface area contributed by atoms with E-state index in [4.69, 9.17) is 10.5 Å². The Hall–Kier alpha value is -0.690. The molecule has 2 fully saturated rings. The lowest BCUT2D eigenvalue weighted by Gasteiger charge is -2.54. The monoisotopic (exact) mass is 345 g/mol. The Bertz CT molecular complexity index is 517. The molecule has 3 rings (SSSR count). The normalized spacial score (nSPS) is 25.5. The maximum Gasteiger partial charge on any atom is 0.271 e. The molecule has 2 unspecified atom stereocenters. The van der Waals surface area contributed by atoms with Gasteiger partial charge in [0.05, 0.1) is 6.10 Å². The number of nitrogens with zero attached hydrogens (tertiary/aromatic N) is 1. The minimum Gasteiger partial charge on any atom is -0.378 e. The van der Waals surface area contributed by atoms with Crippen molar-refractivity contribution in [1.29, 1.82) is 0 Å². The van der Waals surface area contributed by atoms with Crippen LogP contribution in [0.2, 0.25) is 0 Å². The fraction of sp³-hybridized carbons (Fsp3) is 0.733. The van der Waals surface area contributed by atoms with Crippen molar-refractivity contribution in [3.63, 3.8) is 0 Å². The van der Waals surface area contributed by atoms with E-state index >= 15 is 0 Å². The maximum atomic E-state index is 12.3.